The molecule has 0 saturated carbocycles. The zero-order chi connectivity index (χ0) is 12.4. The first kappa shape index (κ1) is 12.9. The molecule has 0 saturated heterocycles. The van der Waals surface area contributed by atoms with Crippen LogP contribution in [0.3, 0.4) is 0 Å². The molecule has 1 unspecified atom stereocenters. The Hall–Kier alpha value is -0.540. The first-order valence-electron chi connectivity index (χ1n) is 6.20. The third-order valence-corrected chi connectivity index (χ3v) is 3.76. The van der Waals surface area contributed by atoms with Crippen molar-refractivity contribution < 1.29 is 9.84 Å². The highest BCUT2D eigenvalue weighted by Gasteiger charge is 2.18. The number of aliphatic hydroxyl groups excluding tert-OH is 1. The Labute approximate surface area is 111 Å². The predicted molar refractivity (Wildman–Crippen MR) is 72.5 cm³/mol. The molecule has 0 bridgehead atoms. The largest absolute Gasteiger partial charge is 0.493 e. The molecule has 0 amide bonds. The van der Waals surface area contributed by atoms with Gasteiger partial charge in [0.2, 0.25) is 0 Å². The average molecular weight is 299 g/mol. The molecule has 0 aromatic heterocycles. The van der Waals surface area contributed by atoms with Gasteiger partial charge < -0.3 is 9.84 Å². The number of hydrogen-bond acceptors (Lipinski definition) is 2. The third-order valence-electron chi connectivity index (χ3n) is 3.30. The molecule has 3 heteroatoms. The summed E-state index contributed by atoms with van der Waals surface area (Å²) >= 11 is 3.53. The Balaban J connectivity index is 2.11. The molecule has 94 valence electrons. The zero-order valence-corrected chi connectivity index (χ0v) is 12.0. The first-order valence-corrected chi connectivity index (χ1v) is 6.99. The summed E-state index contributed by atoms with van der Waals surface area (Å²) in [4.78, 5) is 0. The van der Waals surface area contributed by atoms with E-state index >= 15 is 0 Å². The molecule has 0 aliphatic carbocycles. The van der Waals surface area contributed by atoms with E-state index in [-0.39, 0.29) is 6.10 Å². The van der Waals surface area contributed by atoms with Gasteiger partial charge in [0.25, 0.3) is 0 Å². The first-order chi connectivity index (χ1) is 8.08. The van der Waals surface area contributed by atoms with E-state index in [1.807, 2.05) is 13.8 Å². The number of halogens is 1. The van der Waals surface area contributed by atoms with Crippen molar-refractivity contribution in [3.63, 3.8) is 0 Å². The Morgan fingerprint density at radius 3 is 2.88 bits per heavy atom. The molecular weight excluding hydrogens is 280 g/mol. The topological polar surface area (TPSA) is 29.5 Å². The highest BCUT2D eigenvalue weighted by Crippen LogP contribution is 2.34. The summed E-state index contributed by atoms with van der Waals surface area (Å²) in [6.07, 6.45) is 2.44. The van der Waals surface area contributed by atoms with Gasteiger partial charge >= 0.3 is 0 Å². The lowest BCUT2D eigenvalue weighted by molar-refractivity contribution is 0.116. The lowest BCUT2D eigenvalue weighted by Crippen LogP contribution is -2.15. The van der Waals surface area contributed by atoms with Crippen LogP contribution < -0.4 is 4.74 Å². The molecule has 0 radical (unpaired) electrons. The van der Waals surface area contributed by atoms with Crippen molar-refractivity contribution >= 4 is 15.9 Å². The van der Waals surface area contributed by atoms with Gasteiger partial charge in [-0.05, 0) is 42.0 Å². The maximum Gasteiger partial charge on any atom is 0.125 e. The lowest BCUT2D eigenvalue weighted by Gasteiger charge is -2.15. The predicted octanol–water partition coefficient (Wildman–Crippen LogP) is 3.33. The summed E-state index contributed by atoms with van der Waals surface area (Å²) < 4.78 is 6.78. The Kier molecular flexibility index (Phi) is 4.10. The van der Waals surface area contributed by atoms with E-state index in [4.69, 9.17) is 4.74 Å². The third kappa shape index (κ3) is 3.02. The highest BCUT2D eigenvalue weighted by atomic mass is 79.9. The van der Waals surface area contributed by atoms with Crippen LogP contribution in [0.4, 0.5) is 0 Å². The van der Waals surface area contributed by atoms with Crippen molar-refractivity contribution in [3.05, 3.63) is 27.7 Å². The molecule has 2 nitrogen and oxygen atoms in total. The second-order valence-electron chi connectivity index (χ2n) is 5.00. The summed E-state index contributed by atoms with van der Waals surface area (Å²) in [6, 6.07) is 4.24. The van der Waals surface area contributed by atoms with Crippen molar-refractivity contribution in [1.29, 1.82) is 0 Å². The minimum atomic E-state index is -0.231. The number of benzene rings is 1. The fraction of sp³-hybridized carbons (Fsp3) is 0.571. The minimum absolute atomic E-state index is 0.231. The van der Waals surface area contributed by atoms with Gasteiger partial charge in [0, 0.05) is 10.9 Å². The summed E-state index contributed by atoms with van der Waals surface area (Å²) in [5, 5.41) is 9.85. The summed E-state index contributed by atoms with van der Waals surface area (Å²) in [5.41, 5.74) is 2.50. The van der Waals surface area contributed by atoms with Crippen LogP contribution in [0.15, 0.2) is 16.6 Å². The van der Waals surface area contributed by atoms with Crippen LogP contribution in [0.25, 0.3) is 0 Å². The molecule has 1 aliphatic heterocycles. The number of ether oxygens (including phenoxy) is 1. The van der Waals surface area contributed by atoms with Crippen LogP contribution in [0, 0.1) is 5.92 Å². The van der Waals surface area contributed by atoms with Gasteiger partial charge in [-0.3, -0.25) is 0 Å². The zero-order valence-electron chi connectivity index (χ0n) is 10.4. The highest BCUT2D eigenvalue weighted by molar-refractivity contribution is 9.10. The van der Waals surface area contributed by atoms with Crippen LogP contribution in [0.2, 0.25) is 0 Å². The van der Waals surface area contributed by atoms with Crippen LogP contribution in [-0.4, -0.2) is 17.8 Å². The Morgan fingerprint density at radius 2 is 2.18 bits per heavy atom. The van der Waals surface area contributed by atoms with Gasteiger partial charge in [0.15, 0.2) is 0 Å². The minimum Gasteiger partial charge on any atom is -0.493 e. The van der Waals surface area contributed by atoms with E-state index in [0.717, 1.165) is 36.1 Å². The number of hydrogen-bond donors (Lipinski definition) is 1. The molecule has 1 N–H and O–H groups in total. The summed E-state index contributed by atoms with van der Waals surface area (Å²) in [6.45, 7) is 4.88. The van der Waals surface area contributed by atoms with E-state index in [9.17, 15) is 5.11 Å². The van der Waals surface area contributed by atoms with Gasteiger partial charge in [-0.1, -0.05) is 29.8 Å². The van der Waals surface area contributed by atoms with Crippen molar-refractivity contribution in [1.82, 2.24) is 0 Å². The molecule has 1 heterocycles. The van der Waals surface area contributed by atoms with Crippen molar-refractivity contribution in [2.45, 2.75) is 39.2 Å². The van der Waals surface area contributed by atoms with Crippen molar-refractivity contribution in [3.8, 4) is 5.75 Å². The molecular formula is C14H19BrO2. The summed E-state index contributed by atoms with van der Waals surface area (Å²) in [7, 11) is 0. The van der Waals surface area contributed by atoms with Crippen LogP contribution >= 0.6 is 15.9 Å². The number of aliphatic hydroxyl groups is 1. The van der Waals surface area contributed by atoms with Crippen LogP contribution in [0.5, 0.6) is 5.75 Å². The second-order valence-corrected chi connectivity index (χ2v) is 5.92. The molecule has 1 aliphatic rings. The molecule has 17 heavy (non-hydrogen) atoms. The molecule has 1 aromatic carbocycles. The van der Waals surface area contributed by atoms with Gasteiger partial charge in [0.05, 0.1) is 12.7 Å². The molecule has 0 spiro atoms. The van der Waals surface area contributed by atoms with Crippen LogP contribution in [-0.2, 0) is 12.8 Å². The Morgan fingerprint density at radius 1 is 1.41 bits per heavy atom. The molecule has 0 fully saturated rings. The standard InChI is InChI=1S/C14H19BrO2/c1-9(2)13(16)4-3-10-7-12(15)8-11-5-6-17-14(10)11/h7-9,13,16H,3-6H2,1-2H3. The summed E-state index contributed by atoms with van der Waals surface area (Å²) in [5.74, 6) is 1.36. The molecule has 1 aromatic rings. The number of fused-ring (bicyclic) bond motifs is 1. The second kappa shape index (κ2) is 5.40. The van der Waals surface area contributed by atoms with Crippen molar-refractivity contribution in [2.24, 2.45) is 5.92 Å². The number of aryl methyl sites for hydroxylation is 1. The normalized spacial score (nSPS) is 15.8. The molecule has 1 atom stereocenters. The van der Waals surface area contributed by atoms with E-state index in [0.29, 0.717) is 5.92 Å². The monoisotopic (exact) mass is 298 g/mol. The van der Waals surface area contributed by atoms with E-state index < -0.39 is 0 Å². The molecule has 2 rings (SSSR count). The lowest BCUT2D eigenvalue weighted by atomic mass is 9.98. The van der Waals surface area contributed by atoms with Gasteiger partial charge in [-0.15, -0.1) is 0 Å². The smallest absolute Gasteiger partial charge is 0.125 e. The van der Waals surface area contributed by atoms with E-state index in [1.165, 1.54) is 11.1 Å². The maximum absolute atomic E-state index is 9.85. The maximum atomic E-state index is 9.85. The van der Waals surface area contributed by atoms with Gasteiger partial charge in [-0.25, -0.2) is 0 Å². The SMILES string of the molecule is CC(C)C(O)CCc1cc(Br)cc2c1OCC2. The van der Waals surface area contributed by atoms with E-state index in [2.05, 4.69) is 28.1 Å². The van der Waals surface area contributed by atoms with Gasteiger partial charge in [-0.2, -0.15) is 0 Å². The number of rotatable bonds is 4. The van der Waals surface area contributed by atoms with E-state index in [1.54, 1.807) is 0 Å². The quantitative estimate of drug-likeness (QED) is 0.924. The fourth-order valence-corrected chi connectivity index (χ4v) is 2.72. The van der Waals surface area contributed by atoms with Crippen LogP contribution in [0.1, 0.15) is 31.4 Å². The van der Waals surface area contributed by atoms with Crippen molar-refractivity contribution in [2.75, 3.05) is 6.61 Å². The Bertz CT molecular complexity index is 401. The van der Waals surface area contributed by atoms with Gasteiger partial charge in [0.1, 0.15) is 5.75 Å². The average Bonchev–Trinajstić information content (AvgIpc) is 2.72. The fourth-order valence-electron chi connectivity index (χ4n) is 2.17.